The zero-order chi connectivity index (χ0) is 26.4. The predicted molar refractivity (Wildman–Crippen MR) is 134 cm³/mol. The van der Waals surface area contributed by atoms with Crippen LogP contribution in [0.5, 0.6) is 5.88 Å². The number of ether oxygens (including phenoxy) is 1. The average Bonchev–Trinajstić information content (AvgIpc) is 2.84. The van der Waals surface area contributed by atoms with Crippen LogP contribution in [0.3, 0.4) is 0 Å². The van der Waals surface area contributed by atoms with Gasteiger partial charge in [-0.25, -0.2) is 14.2 Å². The maximum atomic E-state index is 13.5. The summed E-state index contributed by atoms with van der Waals surface area (Å²) in [6, 6.07) is 6.75. The number of aromatic nitrogens is 1. The SMILES string of the molecule is CC(C)NC(=O)N(C)C[C@@H]1Oc2ncc(C#Cc3ccc(F)cc3)cc2C(=O)N([C@@H](C)CO)C[C@@H]1C. The Balaban J connectivity index is 1.95. The van der Waals surface area contributed by atoms with E-state index in [2.05, 4.69) is 22.1 Å². The topological polar surface area (TPSA) is 95.0 Å². The van der Waals surface area contributed by atoms with Gasteiger partial charge in [-0.15, -0.1) is 0 Å². The van der Waals surface area contributed by atoms with E-state index in [0.29, 0.717) is 17.7 Å². The summed E-state index contributed by atoms with van der Waals surface area (Å²) in [4.78, 5) is 33.5. The minimum atomic E-state index is -0.447. The Morgan fingerprint density at radius 2 is 1.94 bits per heavy atom. The van der Waals surface area contributed by atoms with Crippen molar-refractivity contribution in [3.8, 4) is 17.7 Å². The molecule has 8 nitrogen and oxygen atoms in total. The highest BCUT2D eigenvalue weighted by molar-refractivity contribution is 5.97. The van der Waals surface area contributed by atoms with Crippen molar-refractivity contribution in [2.24, 2.45) is 5.92 Å². The third-order valence-electron chi connectivity index (χ3n) is 5.93. The van der Waals surface area contributed by atoms with Gasteiger partial charge in [-0.3, -0.25) is 4.79 Å². The number of amides is 3. The number of aliphatic hydroxyl groups is 1. The standard InChI is InChI=1S/C27H33FN4O4/c1-17(2)30-27(35)31(5)15-24-18(3)14-32(19(4)16-33)26(34)23-12-21(13-29-25(23)36-24)7-6-20-8-10-22(28)11-9-20/h8-13,17-19,24,33H,14-16H2,1-5H3,(H,30,35)/t18-,19-,24-/m0/s1. The van der Waals surface area contributed by atoms with Crippen molar-refractivity contribution in [1.82, 2.24) is 20.1 Å². The number of carbonyl (C=O) groups is 2. The minimum Gasteiger partial charge on any atom is -0.472 e. The van der Waals surface area contributed by atoms with Crippen molar-refractivity contribution in [3.63, 3.8) is 0 Å². The molecule has 0 fully saturated rings. The Bertz CT molecular complexity index is 1140. The van der Waals surface area contributed by atoms with Gasteiger partial charge in [0.05, 0.1) is 19.2 Å². The minimum absolute atomic E-state index is 0.00836. The highest BCUT2D eigenvalue weighted by Gasteiger charge is 2.34. The molecule has 2 heterocycles. The largest absolute Gasteiger partial charge is 0.472 e. The van der Waals surface area contributed by atoms with Crippen LogP contribution in [0.15, 0.2) is 36.5 Å². The molecule has 1 aromatic carbocycles. The first-order chi connectivity index (χ1) is 17.1. The fourth-order valence-electron chi connectivity index (χ4n) is 3.78. The van der Waals surface area contributed by atoms with Crippen LogP contribution >= 0.6 is 0 Å². The quantitative estimate of drug-likeness (QED) is 0.621. The number of likely N-dealkylation sites (N-methyl/N-ethyl adjacent to an activating group) is 1. The summed E-state index contributed by atoms with van der Waals surface area (Å²) in [5.41, 5.74) is 1.34. The molecule has 0 saturated carbocycles. The molecule has 3 rings (SSSR count). The number of fused-ring (bicyclic) bond motifs is 1. The first-order valence-electron chi connectivity index (χ1n) is 12.0. The lowest BCUT2D eigenvalue weighted by molar-refractivity contribution is 0.0351. The molecule has 0 unspecified atom stereocenters. The van der Waals surface area contributed by atoms with Gasteiger partial charge in [0.25, 0.3) is 5.91 Å². The molecule has 0 aliphatic carbocycles. The van der Waals surface area contributed by atoms with Crippen LogP contribution in [0.2, 0.25) is 0 Å². The Morgan fingerprint density at radius 1 is 1.28 bits per heavy atom. The van der Waals surface area contributed by atoms with Crippen molar-refractivity contribution in [2.75, 3.05) is 26.7 Å². The van der Waals surface area contributed by atoms with Gasteiger partial charge < -0.3 is 25.0 Å². The van der Waals surface area contributed by atoms with Crippen molar-refractivity contribution in [1.29, 1.82) is 0 Å². The van der Waals surface area contributed by atoms with E-state index in [4.69, 9.17) is 4.74 Å². The number of hydrogen-bond donors (Lipinski definition) is 2. The van der Waals surface area contributed by atoms with Crippen LogP contribution in [0.1, 0.15) is 49.2 Å². The Morgan fingerprint density at radius 3 is 2.58 bits per heavy atom. The van der Waals surface area contributed by atoms with Gasteiger partial charge in [0, 0.05) is 42.9 Å². The van der Waals surface area contributed by atoms with E-state index >= 15 is 0 Å². The first kappa shape index (κ1) is 27.0. The number of benzene rings is 1. The molecule has 0 spiro atoms. The number of urea groups is 1. The average molecular weight is 497 g/mol. The molecule has 1 aliphatic heterocycles. The number of rotatable bonds is 5. The molecular weight excluding hydrogens is 463 g/mol. The number of nitrogens with zero attached hydrogens (tertiary/aromatic N) is 3. The third kappa shape index (κ3) is 6.73. The summed E-state index contributed by atoms with van der Waals surface area (Å²) in [5, 5.41) is 12.7. The maximum absolute atomic E-state index is 13.5. The second kappa shape index (κ2) is 11.9. The molecule has 36 heavy (non-hydrogen) atoms. The molecule has 9 heteroatoms. The zero-order valence-corrected chi connectivity index (χ0v) is 21.3. The lowest BCUT2D eigenvalue weighted by Gasteiger charge is -2.37. The van der Waals surface area contributed by atoms with Crippen LogP contribution in [-0.2, 0) is 0 Å². The summed E-state index contributed by atoms with van der Waals surface area (Å²) in [5.74, 6) is 5.23. The number of halogens is 1. The van der Waals surface area contributed by atoms with Gasteiger partial charge in [-0.1, -0.05) is 18.8 Å². The first-order valence-corrected chi connectivity index (χ1v) is 12.0. The summed E-state index contributed by atoms with van der Waals surface area (Å²) in [6.45, 7) is 7.90. The molecule has 2 aromatic rings. The van der Waals surface area contributed by atoms with Crippen molar-refractivity contribution in [3.05, 3.63) is 59.0 Å². The number of hydrogen-bond acceptors (Lipinski definition) is 5. The molecule has 3 atom stereocenters. The third-order valence-corrected chi connectivity index (χ3v) is 5.93. The molecule has 0 bridgehead atoms. The van der Waals surface area contributed by atoms with E-state index < -0.39 is 12.1 Å². The Hall–Kier alpha value is -3.64. The van der Waals surface area contributed by atoms with E-state index in [1.807, 2.05) is 20.8 Å². The molecule has 192 valence electrons. The molecule has 0 saturated heterocycles. The van der Waals surface area contributed by atoms with Gasteiger partial charge in [-0.2, -0.15) is 0 Å². The Labute approximate surface area is 211 Å². The van der Waals surface area contributed by atoms with Gasteiger partial charge in [0.2, 0.25) is 5.88 Å². The van der Waals surface area contributed by atoms with Crippen molar-refractivity contribution >= 4 is 11.9 Å². The van der Waals surface area contributed by atoms with Crippen LogP contribution in [0, 0.1) is 23.6 Å². The molecule has 0 radical (unpaired) electrons. The normalized spacial score (nSPS) is 18.2. The fourth-order valence-corrected chi connectivity index (χ4v) is 3.78. The summed E-state index contributed by atoms with van der Waals surface area (Å²) >= 11 is 0. The van der Waals surface area contributed by atoms with E-state index in [-0.39, 0.29) is 54.3 Å². The lowest BCUT2D eigenvalue weighted by Crippen LogP contribution is -2.51. The zero-order valence-electron chi connectivity index (χ0n) is 21.3. The highest BCUT2D eigenvalue weighted by Crippen LogP contribution is 2.27. The predicted octanol–water partition coefficient (Wildman–Crippen LogP) is 2.89. The van der Waals surface area contributed by atoms with E-state index in [1.165, 1.54) is 18.3 Å². The second-order valence-corrected chi connectivity index (χ2v) is 9.44. The summed E-state index contributed by atoms with van der Waals surface area (Å²) in [6.07, 6.45) is 1.07. The fraction of sp³-hybridized carbons (Fsp3) is 0.444. The van der Waals surface area contributed by atoms with E-state index in [0.717, 1.165) is 0 Å². The van der Waals surface area contributed by atoms with Crippen LogP contribution < -0.4 is 10.1 Å². The number of aliphatic hydroxyl groups excluding tert-OH is 1. The van der Waals surface area contributed by atoms with Gasteiger partial charge >= 0.3 is 6.03 Å². The van der Waals surface area contributed by atoms with Gasteiger partial charge in [-0.05, 0) is 51.1 Å². The molecule has 3 amide bonds. The summed E-state index contributed by atoms with van der Waals surface area (Å²) < 4.78 is 19.4. The van der Waals surface area contributed by atoms with Gasteiger partial charge in [0.1, 0.15) is 17.5 Å². The highest BCUT2D eigenvalue weighted by atomic mass is 19.1. The van der Waals surface area contributed by atoms with Crippen LogP contribution in [-0.4, -0.2) is 76.8 Å². The number of carbonyl (C=O) groups excluding carboxylic acids is 2. The summed E-state index contributed by atoms with van der Waals surface area (Å²) in [7, 11) is 1.69. The monoisotopic (exact) mass is 496 g/mol. The smallest absolute Gasteiger partial charge is 0.317 e. The van der Waals surface area contributed by atoms with Gasteiger partial charge in [0.15, 0.2) is 0 Å². The second-order valence-electron chi connectivity index (χ2n) is 9.44. The molecular formula is C27H33FN4O4. The van der Waals surface area contributed by atoms with Crippen LogP contribution in [0.4, 0.5) is 9.18 Å². The maximum Gasteiger partial charge on any atom is 0.317 e. The lowest BCUT2D eigenvalue weighted by atomic mass is 10.00. The molecule has 2 N–H and O–H groups in total. The van der Waals surface area contributed by atoms with Crippen LogP contribution in [0.25, 0.3) is 0 Å². The molecule has 1 aromatic heterocycles. The van der Waals surface area contributed by atoms with E-state index in [9.17, 15) is 19.1 Å². The van der Waals surface area contributed by atoms with E-state index in [1.54, 1.807) is 42.0 Å². The molecule has 1 aliphatic rings. The Kier molecular flexibility index (Phi) is 8.88. The van der Waals surface area contributed by atoms with Crippen molar-refractivity contribution in [2.45, 2.75) is 45.9 Å². The van der Waals surface area contributed by atoms with Crippen molar-refractivity contribution < 1.29 is 23.8 Å². The number of pyridine rings is 1. The number of nitrogens with one attached hydrogen (secondary N) is 1.